The molecule has 0 heterocycles. The zero-order chi connectivity index (χ0) is 20.3. The molecule has 3 N–H and O–H groups in total. The third kappa shape index (κ3) is 3.14. The molecule has 0 radical (unpaired) electrons. The molecule has 4 fully saturated rings. The van der Waals surface area contributed by atoms with Crippen LogP contribution in [-0.4, -0.2) is 33.5 Å². The second kappa shape index (κ2) is 7.27. The molecule has 4 aliphatic carbocycles. The lowest BCUT2D eigenvalue weighted by molar-refractivity contribution is -0.172. The van der Waals surface area contributed by atoms with Gasteiger partial charge in [-0.05, 0) is 104 Å². The van der Waals surface area contributed by atoms with Crippen LogP contribution in [0.15, 0.2) is 0 Å². The van der Waals surface area contributed by atoms with Crippen molar-refractivity contribution < 1.29 is 20.1 Å². The van der Waals surface area contributed by atoms with Crippen LogP contribution in [0.3, 0.4) is 0 Å². The van der Waals surface area contributed by atoms with E-state index in [2.05, 4.69) is 20.8 Å². The van der Waals surface area contributed by atoms with Crippen molar-refractivity contribution in [2.45, 2.75) is 97.2 Å². The molecule has 28 heavy (non-hydrogen) atoms. The van der Waals surface area contributed by atoms with Crippen LogP contribution >= 0.6 is 0 Å². The van der Waals surface area contributed by atoms with Crippen molar-refractivity contribution in [2.24, 2.45) is 46.3 Å². The molecule has 1 unspecified atom stereocenters. The number of aliphatic hydroxyl groups excluding tert-OH is 2. The van der Waals surface area contributed by atoms with Gasteiger partial charge in [0.15, 0.2) is 0 Å². The number of rotatable bonds is 4. The van der Waals surface area contributed by atoms with Gasteiger partial charge in [0.25, 0.3) is 0 Å². The van der Waals surface area contributed by atoms with Gasteiger partial charge in [-0.1, -0.05) is 20.8 Å². The maximum absolute atomic E-state index is 11.1. The Kier molecular flexibility index (Phi) is 5.36. The largest absolute Gasteiger partial charge is 0.481 e. The van der Waals surface area contributed by atoms with Crippen molar-refractivity contribution in [1.82, 2.24) is 0 Å². The molecule has 0 amide bonds. The van der Waals surface area contributed by atoms with Crippen molar-refractivity contribution in [1.29, 1.82) is 0 Å². The highest BCUT2D eigenvalue weighted by Crippen LogP contribution is 2.68. The molecular weight excluding hydrogens is 352 g/mol. The Morgan fingerprint density at radius 1 is 0.964 bits per heavy atom. The highest BCUT2D eigenvalue weighted by Gasteiger charge is 2.62. The lowest BCUT2D eigenvalue weighted by atomic mass is 9.44. The third-order valence-corrected chi connectivity index (χ3v) is 10.2. The van der Waals surface area contributed by atoms with E-state index in [1.165, 1.54) is 25.7 Å². The minimum absolute atomic E-state index is 0.176. The monoisotopic (exact) mass is 392 g/mol. The minimum atomic E-state index is -0.677. The fourth-order valence-corrected chi connectivity index (χ4v) is 8.81. The normalized spacial score (nSPS) is 51.7. The summed E-state index contributed by atoms with van der Waals surface area (Å²) < 4.78 is 0. The van der Waals surface area contributed by atoms with Gasteiger partial charge in [0, 0.05) is 6.42 Å². The van der Waals surface area contributed by atoms with E-state index < -0.39 is 5.97 Å². The predicted molar refractivity (Wildman–Crippen MR) is 109 cm³/mol. The Bertz CT molecular complexity index is 605. The highest BCUT2D eigenvalue weighted by molar-refractivity contribution is 5.66. The van der Waals surface area contributed by atoms with Crippen LogP contribution in [0.5, 0.6) is 0 Å². The lowest BCUT2D eigenvalue weighted by Gasteiger charge is -2.62. The van der Waals surface area contributed by atoms with Crippen molar-refractivity contribution in [3.63, 3.8) is 0 Å². The first-order valence-corrected chi connectivity index (χ1v) is 11.7. The molecule has 4 nitrogen and oxygen atoms in total. The summed E-state index contributed by atoms with van der Waals surface area (Å²) in [5, 5.41) is 30.4. The standard InChI is InChI=1S/C24H40O4/c1-14(4-7-22(27)28)17-5-6-18-16-13-21(26)20-12-15(25)8-10-24(20,3)19(16)9-11-23(17,18)2/h14-21,25-26H,4-13H2,1-3H3,(H,27,28)/t14-,15-,16+,17-,18?,19+,20+,21+,23-,24-/m1/s1. The third-order valence-electron chi connectivity index (χ3n) is 10.2. The van der Waals surface area contributed by atoms with E-state index in [1.807, 2.05) is 0 Å². The molecular formula is C24H40O4. The summed E-state index contributed by atoms with van der Waals surface area (Å²) in [4.78, 5) is 11.1. The average molecular weight is 393 g/mol. The molecule has 10 atom stereocenters. The summed E-state index contributed by atoms with van der Waals surface area (Å²) >= 11 is 0. The molecule has 0 bridgehead atoms. The maximum Gasteiger partial charge on any atom is 0.303 e. The van der Waals surface area contributed by atoms with Crippen molar-refractivity contribution in [3.8, 4) is 0 Å². The number of aliphatic carboxylic acids is 1. The van der Waals surface area contributed by atoms with Crippen LogP contribution in [0.25, 0.3) is 0 Å². The van der Waals surface area contributed by atoms with Gasteiger partial charge in [0.1, 0.15) is 0 Å². The molecule has 4 saturated carbocycles. The number of carboxylic acid groups (broad SMARTS) is 1. The Balaban J connectivity index is 1.55. The molecule has 4 heteroatoms. The predicted octanol–water partition coefficient (Wildman–Crippen LogP) is 4.48. The van der Waals surface area contributed by atoms with Crippen LogP contribution in [0.4, 0.5) is 0 Å². The number of carbonyl (C=O) groups is 1. The smallest absolute Gasteiger partial charge is 0.303 e. The highest BCUT2D eigenvalue weighted by atomic mass is 16.4. The Morgan fingerprint density at radius 3 is 2.36 bits per heavy atom. The SMILES string of the molecule is C[C@H](CCC(=O)O)[C@H]1CCC2[C@@H]3C[C@H](O)[C@@H]4C[C@H](O)CC[C@]4(C)[C@H]3CC[C@@]21C. The zero-order valence-corrected chi connectivity index (χ0v) is 17.9. The Hall–Kier alpha value is -0.610. The Labute approximate surface area is 170 Å². The molecule has 0 aromatic rings. The van der Waals surface area contributed by atoms with Crippen molar-refractivity contribution in [2.75, 3.05) is 0 Å². The zero-order valence-electron chi connectivity index (χ0n) is 17.9. The van der Waals surface area contributed by atoms with Crippen molar-refractivity contribution in [3.05, 3.63) is 0 Å². The van der Waals surface area contributed by atoms with E-state index in [1.54, 1.807) is 0 Å². The first kappa shape index (κ1) is 20.7. The van der Waals surface area contributed by atoms with Crippen LogP contribution in [-0.2, 0) is 4.79 Å². The van der Waals surface area contributed by atoms with E-state index >= 15 is 0 Å². The van der Waals surface area contributed by atoms with Gasteiger partial charge in [-0.3, -0.25) is 4.79 Å². The van der Waals surface area contributed by atoms with Crippen molar-refractivity contribution >= 4 is 5.97 Å². The van der Waals surface area contributed by atoms with Crippen LogP contribution < -0.4 is 0 Å². The van der Waals surface area contributed by atoms with E-state index in [4.69, 9.17) is 5.11 Å². The van der Waals surface area contributed by atoms with E-state index in [0.29, 0.717) is 35.0 Å². The van der Waals surface area contributed by atoms with Gasteiger partial charge in [0.05, 0.1) is 12.2 Å². The first-order valence-electron chi connectivity index (χ1n) is 11.7. The fourth-order valence-electron chi connectivity index (χ4n) is 8.81. The van der Waals surface area contributed by atoms with Gasteiger partial charge >= 0.3 is 5.97 Å². The maximum atomic E-state index is 11.1. The first-order chi connectivity index (χ1) is 13.2. The van der Waals surface area contributed by atoms with E-state index in [-0.39, 0.29) is 30.0 Å². The summed E-state index contributed by atoms with van der Waals surface area (Å²) in [5.41, 5.74) is 0.478. The molecule has 4 aliphatic rings. The van der Waals surface area contributed by atoms with Gasteiger partial charge in [0.2, 0.25) is 0 Å². The number of carboxylic acids is 1. The average Bonchev–Trinajstić information content (AvgIpc) is 2.99. The number of hydrogen-bond acceptors (Lipinski definition) is 3. The molecule has 160 valence electrons. The summed E-state index contributed by atoms with van der Waals surface area (Å²) in [6, 6.07) is 0. The second-order valence-electron chi connectivity index (χ2n) is 11.4. The summed E-state index contributed by atoms with van der Waals surface area (Å²) in [6.45, 7) is 7.16. The molecule has 0 saturated heterocycles. The minimum Gasteiger partial charge on any atom is -0.481 e. The second-order valence-corrected chi connectivity index (χ2v) is 11.4. The topological polar surface area (TPSA) is 77.8 Å². The van der Waals surface area contributed by atoms with E-state index in [9.17, 15) is 15.0 Å². The van der Waals surface area contributed by atoms with E-state index in [0.717, 1.165) is 32.1 Å². The molecule has 0 aliphatic heterocycles. The lowest BCUT2D eigenvalue weighted by Crippen LogP contribution is -2.58. The number of aliphatic hydroxyl groups is 2. The van der Waals surface area contributed by atoms with Crippen LogP contribution in [0, 0.1) is 46.3 Å². The molecule has 0 aromatic heterocycles. The Morgan fingerprint density at radius 2 is 1.64 bits per heavy atom. The van der Waals surface area contributed by atoms with Gasteiger partial charge in [-0.15, -0.1) is 0 Å². The summed E-state index contributed by atoms with van der Waals surface area (Å²) in [5.74, 6) is 2.61. The summed E-state index contributed by atoms with van der Waals surface area (Å²) in [7, 11) is 0. The van der Waals surface area contributed by atoms with Gasteiger partial charge in [-0.25, -0.2) is 0 Å². The van der Waals surface area contributed by atoms with Crippen LogP contribution in [0.1, 0.15) is 85.0 Å². The molecule has 0 aromatic carbocycles. The van der Waals surface area contributed by atoms with Crippen LogP contribution in [0.2, 0.25) is 0 Å². The summed E-state index contributed by atoms with van der Waals surface area (Å²) in [6.07, 6.45) is 9.16. The fraction of sp³-hybridized carbons (Fsp3) is 0.958. The van der Waals surface area contributed by atoms with Gasteiger partial charge in [-0.2, -0.15) is 0 Å². The quantitative estimate of drug-likeness (QED) is 0.659. The number of fused-ring (bicyclic) bond motifs is 5. The molecule has 4 rings (SSSR count). The van der Waals surface area contributed by atoms with Gasteiger partial charge < -0.3 is 15.3 Å². The number of hydrogen-bond donors (Lipinski definition) is 3. The molecule has 0 spiro atoms.